The first kappa shape index (κ1) is 17.1. The minimum absolute atomic E-state index is 0.322. The minimum atomic E-state index is -2.54. The van der Waals surface area contributed by atoms with Gasteiger partial charge in [-0.2, -0.15) is 0 Å². The number of hydrogen-bond donors (Lipinski definition) is 0. The summed E-state index contributed by atoms with van der Waals surface area (Å²) in [5.74, 6) is 0. The summed E-state index contributed by atoms with van der Waals surface area (Å²) in [6, 6.07) is 0. The molecule has 0 aromatic carbocycles. The largest absolute Gasteiger partial charge is 0.504 e. The van der Waals surface area contributed by atoms with Gasteiger partial charge in [0.2, 0.25) is 0 Å². The van der Waals surface area contributed by atoms with Crippen LogP contribution in [0.3, 0.4) is 0 Å². The molecule has 1 unspecified atom stereocenters. The van der Waals surface area contributed by atoms with Gasteiger partial charge in [0, 0.05) is 39.1 Å². The molecule has 0 spiro atoms. The smallest absolute Gasteiger partial charge is 0.385 e. The van der Waals surface area contributed by atoms with Crippen molar-refractivity contribution in [1.29, 1.82) is 0 Å². The van der Waals surface area contributed by atoms with E-state index < -0.39 is 8.80 Å². The molecule has 104 valence electrons. The van der Waals surface area contributed by atoms with Gasteiger partial charge in [0.1, 0.15) is 0 Å². The second-order valence-corrected chi connectivity index (χ2v) is 6.68. The third-order valence-electron chi connectivity index (χ3n) is 2.70. The van der Waals surface area contributed by atoms with E-state index >= 15 is 0 Å². The fraction of sp³-hybridized carbons (Fsp3) is 1.00. The lowest BCUT2D eigenvalue weighted by molar-refractivity contribution is 0.0552. The number of ether oxygens (including phenoxy) is 1. The molecule has 0 aromatic heterocycles. The molecule has 0 fully saturated rings. The lowest BCUT2D eigenvalue weighted by Crippen LogP contribution is -2.50. The molecule has 0 bridgehead atoms. The van der Waals surface area contributed by atoms with Crippen molar-refractivity contribution in [2.75, 3.05) is 33.5 Å². The summed E-state index contributed by atoms with van der Waals surface area (Å²) in [4.78, 5) is 0. The van der Waals surface area contributed by atoms with E-state index in [1.165, 1.54) is 0 Å². The van der Waals surface area contributed by atoms with Gasteiger partial charge in [-0.15, -0.1) is 0 Å². The van der Waals surface area contributed by atoms with Crippen LogP contribution in [0, 0.1) is 0 Å². The Morgan fingerprint density at radius 1 is 0.882 bits per heavy atom. The Labute approximate surface area is 107 Å². The molecule has 0 N–H and O–H groups in total. The van der Waals surface area contributed by atoms with Crippen molar-refractivity contribution in [3.63, 3.8) is 0 Å². The Hall–Kier alpha value is 0.0569. The van der Waals surface area contributed by atoms with E-state index in [4.69, 9.17) is 18.0 Å². The van der Waals surface area contributed by atoms with E-state index in [2.05, 4.69) is 6.92 Å². The summed E-state index contributed by atoms with van der Waals surface area (Å²) >= 11 is 0. The summed E-state index contributed by atoms with van der Waals surface area (Å²) in [6.07, 6.45) is 1.93. The second kappa shape index (κ2) is 10.0. The first-order valence-electron chi connectivity index (χ1n) is 6.61. The lowest BCUT2D eigenvalue weighted by atomic mass is 10.2. The summed E-state index contributed by atoms with van der Waals surface area (Å²) in [5, 5.41) is 0. The normalized spacial score (nSPS) is 13.9. The Balaban J connectivity index is 4.76. The maximum Gasteiger partial charge on any atom is 0.504 e. The van der Waals surface area contributed by atoms with Gasteiger partial charge in [0.25, 0.3) is 0 Å². The van der Waals surface area contributed by atoms with Crippen molar-refractivity contribution in [3.05, 3.63) is 0 Å². The summed E-state index contributed by atoms with van der Waals surface area (Å²) in [7, 11) is -0.822. The molecule has 0 saturated carbocycles. The average molecular weight is 264 g/mol. The van der Waals surface area contributed by atoms with E-state index in [9.17, 15) is 0 Å². The lowest BCUT2D eigenvalue weighted by Gasteiger charge is -2.34. The molecule has 17 heavy (non-hydrogen) atoms. The molecule has 0 saturated heterocycles. The Morgan fingerprint density at radius 3 is 1.65 bits per heavy atom. The van der Waals surface area contributed by atoms with E-state index in [1.54, 1.807) is 7.11 Å². The van der Waals surface area contributed by atoms with Crippen LogP contribution in [0.1, 0.15) is 40.5 Å². The predicted octanol–water partition coefficient (Wildman–Crippen LogP) is 2.85. The standard InChI is InChI=1S/C12H28O4Si/c1-6-12(10-11-13-5)17(14-7-2,15-8-3)16-9-4/h12H,6-11H2,1-5H3. The van der Waals surface area contributed by atoms with Crippen LogP contribution in [0.15, 0.2) is 0 Å². The summed E-state index contributed by atoms with van der Waals surface area (Å²) < 4.78 is 22.9. The molecule has 5 heteroatoms. The van der Waals surface area contributed by atoms with Crippen molar-refractivity contribution in [2.24, 2.45) is 0 Å². The molecule has 0 aromatic rings. The van der Waals surface area contributed by atoms with E-state index in [1.807, 2.05) is 20.8 Å². The van der Waals surface area contributed by atoms with Gasteiger partial charge in [-0.3, -0.25) is 0 Å². The summed E-state index contributed by atoms with van der Waals surface area (Å²) in [6.45, 7) is 10.7. The van der Waals surface area contributed by atoms with Crippen LogP contribution in [0.5, 0.6) is 0 Å². The molecule has 0 rings (SSSR count). The molecule has 0 aliphatic carbocycles. The van der Waals surface area contributed by atoms with E-state index in [0.717, 1.165) is 19.4 Å². The second-order valence-electron chi connectivity index (χ2n) is 3.79. The maximum absolute atomic E-state index is 5.90. The van der Waals surface area contributed by atoms with Crippen LogP contribution in [0.25, 0.3) is 0 Å². The van der Waals surface area contributed by atoms with Crippen molar-refractivity contribution >= 4 is 8.80 Å². The molecule has 0 amide bonds. The van der Waals surface area contributed by atoms with Crippen molar-refractivity contribution in [1.82, 2.24) is 0 Å². The monoisotopic (exact) mass is 264 g/mol. The molecular weight excluding hydrogens is 236 g/mol. The van der Waals surface area contributed by atoms with Crippen LogP contribution in [0.4, 0.5) is 0 Å². The van der Waals surface area contributed by atoms with Gasteiger partial charge >= 0.3 is 8.80 Å². The van der Waals surface area contributed by atoms with Gasteiger partial charge < -0.3 is 18.0 Å². The average Bonchev–Trinajstić information content (AvgIpc) is 2.31. The molecule has 0 heterocycles. The van der Waals surface area contributed by atoms with Crippen LogP contribution in [-0.2, 0) is 18.0 Å². The molecule has 0 aliphatic heterocycles. The molecule has 0 aliphatic rings. The first-order chi connectivity index (χ1) is 8.20. The Kier molecular flexibility index (Phi) is 10.1. The number of rotatable bonds is 11. The van der Waals surface area contributed by atoms with Gasteiger partial charge in [-0.05, 0) is 33.6 Å². The highest BCUT2D eigenvalue weighted by Crippen LogP contribution is 2.32. The molecule has 4 nitrogen and oxygen atoms in total. The highest BCUT2D eigenvalue weighted by molar-refractivity contribution is 6.62. The molecule has 1 atom stereocenters. The molecule has 0 radical (unpaired) electrons. The number of hydrogen-bond acceptors (Lipinski definition) is 4. The zero-order chi connectivity index (χ0) is 13.1. The highest BCUT2D eigenvalue weighted by Gasteiger charge is 2.47. The topological polar surface area (TPSA) is 36.9 Å². The fourth-order valence-corrected chi connectivity index (χ4v) is 5.11. The van der Waals surface area contributed by atoms with Gasteiger partial charge in [-0.25, -0.2) is 0 Å². The highest BCUT2D eigenvalue weighted by atomic mass is 28.4. The fourth-order valence-electron chi connectivity index (χ4n) is 1.97. The van der Waals surface area contributed by atoms with Crippen LogP contribution in [-0.4, -0.2) is 42.3 Å². The van der Waals surface area contributed by atoms with Gasteiger partial charge in [-0.1, -0.05) is 6.92 Å². The van der Waals surface area contributed by atoms with Crippen LogP contribution >= 0.6 is 0 Å². The first-order valence-corrected chi connectivity index (χ1v) is 8.41. The van der Waals surface area contributed by atoms with Crippen LogP contribution < -0.4 is 0 Å². The van der Waals surface area contributed by atoms with Gasteiger partial charge in [0.05, 0.1) is 0 Å². The van der Waals surface area contributed by atoms with Crippen molar-refractivity contribution < 1.29 is 18.0 Å². The molecular formula is C12H28O4Si. The zero-order valence-corrected chi connectivity index (χ0v) is 13.0. The van der Waals surface area contributed by atoms with Crippen molar-refractivity contribution in [3.8, 4) is 0 Å². The van der Waals surface area contributed by atoms with E-state index in [0.29, 0.717) is 25.4 Å². The van der Waals surface area contributed by atoms with Crippen molar-refractivity contribution in [2.45, 2.75) is 46.1 Å². The number of methoxy groups -OCH3 is 1. The Bertz CT molecular complexity index is 161. The quantitative estimate of drug-likeness (QED) is 0.538. The Morgan fingerprint density at radius 2 is 1.35 bits per heavy atom. The third-order valence-corrected chi connectivity index (χ3v) is 6.47. The van der Waals surface area contributed by atoms with Crippen LogP contribution in [0.2, 0.25) is 5.54 Å². The van der Waals surface area contributed by atoms with Gasteiger partial charge in [0.15, 0.2) is 0 Å². The third kappa shape index (κ3) is 5.48. The maximum atomic E-state index is 5.90. The minimum Gasteiger partial charge on any atom is -0.385 e. The summed E-state index contributed by atoms with van der Waals surface area (Å²) in [5.41, 5.74) is 0.322. The SMILES string of the molecule is CCO[Si](OCC)(OCC)C(CC)CCOC. The zero-order valence-electron chi connectivity index (χ0n) is 12.0. The predicted molar refractivity (Wildman–Crippen MR) is 71.2 cm³/mol. The van der Waals surface area contributed by atoms with E-state index in [-0.39, 0.29) is 0 Å².